The van der Waals surface area contributed by atoms with Gasteiger partial charge in [0.05, 0.1) is 12.3 Å². The molecule has 28 heavy (non-hydrogen) atoms. The number of benzene rings is 2. The third-order valence-corrected chi connectivity index (χ3v) is 4.46. The first-order valence-corrected chi connectivity index (χ1v) is 9.15. The molecule has 2 aromatic carbocycles. The second-order valence-electron chi connectivity index (χ2n) is 6.00. The van der Waals surface area contributed by atoms with Gasteiger partial charge in [0.2, 0.25) is 0 Å². The maximum atomic E-state index is 12.3. The van der Waals surface area contributed by atoms with E-state index in [9.17, 15) is 9.59 Å². The second-order valence-corrected chi connectivity index (χ2v) is 6.84. The molecule has 0 unspecified atom stereocenters. The van der Waals surface area contributed by atoms with Crippen LogP contribution in [0.4, 0.5) is 16.2 Å². The Balaban J connectivity index is 1.61. The van der Waals surface area contributed by atoms with Gasteiger partial charge in [-0.2, -0.15) is 0 Å². The fraction of sp³-hybridized carbons (Fsp3) is 0.100. The summed E-state index contributed by atoms with van der Waals surface area (Å²) in [6, 6.07) is 14.3. The maximum absolute atomic E-state index is 12.3. The van der Waals surface area contributed by atoms with Gasteiger partial charge < -0.3 is 20.4 Å². The first-order chi connectivity index (χ1) is 13.4. The van der Waals surface area contributed by atoms with Crippen LogP contribution >= 0.6 is 23.2 Å². The number of carbonyl (C=O) groups is 2. The lowest BCUT2D eigenvalue weighted by Gasteiger charge is -2.17. The second kappa shape index (κ2) is 8.82. The van der Waals surface area contributed by atoms with Crippen molar-refractivity contribution in [2.75, 3.05) is 10.6 Å². The van der Waals surface area contributed by atoms with Gasteiger partial charge in [0.1, 0.15) is 0 Å². The molecule has 3 aromatic rings. The molecule has 3 N–H and O–H groups in total. The summed E-state index contributed by atoms with van der Waals surface area (Å²) in [5, 5.41) is 9.24. The van der Waals surface area contributed by atoms with E-state index in [1.807, 2.05) is 6.92 Å². The molecular weight excluding hydrogens is 401 g/mol. The number of rotatable bonds is 5. The van der Waals surface area contributed by atoms with Crippen LogP contribution in [0, 0.1) is 0 Å². The summed E-state index contributed by atoms with van der Waals surface area (Å²) in [6.07, 6.45) is 1.42. The largest absolute Gasteiger partial charge is 0.459 e. The number of furan rings is 1. The highest BCUT2D eigenvalue weighted by Crippen LogP contribution is 2.26. The van der Waals surface area contributed by atoms with E-state index in [0.717, 1.165) is 5.56 Å². The van der Waals surface area contributed by atoms with Crippen molar-refractivity contribution >= 4 is 46.5 Å². The SMILES string of the molecule is C[C@@H](NC(=O)Nc1cccc(NC(=O)c2ccco2)c1)c1ccc(Cl)cc1Cl. The molecule has 0 spiro atoms. The van der Waals surface area contributed by atoms with Gasteiger partial charge in [-0.15, -0.1) is 0 Å². The summed E-state index contributed by atoms with van der Waals surface area (Å²) >= 11 is 12.1. The molecule has 0 bridgehead atoms. The van der Waals surface area contributed by atoms with Crippen molar-refractivity contribution in [3.63, 3.8) is 0 Å². The number of carbonyl (C=O) groups excluding carboxylic acids is 2. The molecule has 1 atom stereocenters. The van der Waals surface area contributed by atoms with Crippen LogP contribution in [0.25, 0.3) is 0 Å². The molecule has 6 nitrogen and oxygen atoms in total. The standard InChI is InChI=1S/C20H17Cl2N3O3/c1-12(16-8-7-13(21)10-17(16)22)23-20(27)25-15-5-2-4-14(11-15)24-19(26)18-6-3-9-28-18/h2-12H,1H3,(H,24,26)(H2,23,25,27)/t12-/m1/s1. The predicted molar refractivity (Wildman–Crippen MR) is 110 cm³/mol. The van der Waals surface area contributed by atoms with E-state index in [1.165, 1.54) is 6.26 Å². The van der Waals surface area contributed by atoms with Crippen LogP contribution in [0.1, 0.15) is 29.1 Å². The third-order valence-electron chi connectivity index (χ3n) is 3.90. The van der Waals surface area contributed by atoms with Crippen LogP contribution in [0.5, 0.6) is 0 Å². The Morgan fingerprint density at radius 2 is 1.71 bits per heavy atom. The minimum Gasteiger partial charge on any atom is -0.459 e. The smallest absolute Gasteiger partial charge is 0.319 e. The highest BCUT2D eigenvalue weighted by molar-refractivity contribution is 6.35. The summed E-state index contributed by atoms with van der Waals surface area (Å²) < 4.78 is 5.05. The van der Waals surface area contributed by atoms with Crippen LogP contribution in [-0.4, -0.2) is 11.9 Å². The molecule has 0 aliphatic rings. The van der Waals surface area contributed by atoms with Crippen LogP contribution in [0.3, 0.4) is 0 Å². The van der Waals surface area contributed by atoms with Crippen molar-refractivity contribution < 1.29 is 14.0 Å². The van der Waals surface area contributed by atoms with Gasteiger partial charge in [0, 0.05) is 21.4 Å². The molecule has 1 aromatic heterocycles. The van der Waals surface area contributed by atoms with E-state index in [1.54, 1.807) is 54.6 Å². The van der Waals surface area contributed by atoms with E-state index in [2.05, 4.69) is 16.0 Å². The number of amides is 3. The van der Waals surface area contributed by atoms with Crippen LogP contribution < -0.4 is 16.0 Å². The van der Waals surface area contributed by atoms with Crippen molar-refractivity contribution in [3.05, 3.63) is 82.2 Å². The Kier molecular flexibility index (Phi) is 6.23. The molecule has 0 aliphatic heterocycles. The van der Waals surface area contributed by atoms with E-state index in [0.29, 0.717) is 21.4 Å². The summed E-state index contributed by atoms with van der Waals surface area (Å²) in [5.41, 5.74) is 1.79. The third kappa shape index (κ3) is 5.06. The van der Waals surface area contributed by atoms with E-state index in [-0.39, 0.29) is 17.7 Å². The molecule has 8 heteroatoms. The fourth-order valence-electron chi connectivity index (χ4n) is 2.57. The normalized spacial score (nSPS) is 11.5. The van der Waals surface area contributed by atoms with Crippen molar-refractivity contribution in [2.45, 2.75) is 13.0 Å². The Morgan fingerprint density at radius 3 is 2.39 bits per heavy atom. The number of hydrogen-bond donors (Lipinski definition) is 3. The van der Waals surface area contributed by atoms with Gasteiger partial charge in [-0.3, -0.25) is 4.79 Å². The number of urea groups is 1. The summed E-state index contributed by atoms with van der Waals surface area (Å²) in [7, 11) is 0. The Labute approximate surface area is 171 Å². The zero-order valence-electron chi connectivity index (χ0n) is 14.8. The van der Waals surface area contributed by atoms with Gasteiger partial charge in [-0.05, 0) is 55.0 Å². The van der Waals surface area contributed by atoms with Crippen LogP contribution in [-0.2, 0) is 0 Å². The highest BCUT2D eigenvalue weighted by Gasteiger charge is 2.14. The number of anilines is 2. The molecule has 3 amide bonds. The van der Waals surface area contributed by atoms with Gasteiger partial charge in [-0.1, -0.05) is 35.3 Å². The lowest BCUT2D eigenvalue weighted by molar-refractivity contribution is 0.0996. The Hall–Kier alpha value is -2.96. The molecule has 0 saturated carbocycles. The van der Waals surface area contributed by atoms with Crippen molar-refractivity contribution in [1.29, 1.82) is 0 Å². The quantitative estimate of drug-likeness (QED) is 0.496. The minimum absolute atomic E-state index is 0.199. The number of hydrogen-bond acceptors (Lipinski definition) is 3. The number of halogens is 2. The number of nitrogens with one attached hydrogen (secondary N) is 3. The van der Waals surface area contributed by atoms with E-state index in [4.69, 9.17) is 27.6 Å². The molecule has 3 rings (SSSR count). The van der Waals surface area contributed by atoms with Gasteiger partial charge >= 0.3 is 6.03 Å². The molecule has 0 saturated heterocycles. The summed E-state index contributed by atoms with van der Waals surface area (Å²) in [5.74, 6) is -0.178. The maximum Gasteiger partial charge on any atom is 0.319 e. The molecule has 1 heterocycles. The van der Waals surface area contributed by atoms with Gasteiger partial charge in [0.25, 0.3) is 5.91 Å². The lowest BCUT2D eigenvalue weighted by atomic mass is 10.1. The van der Waals surface area contributed by atoms with E-state index >= 15 is 0 Å². The van der Waals surface area contributed by atoms with Crippen LogP contribution in [0.2, 0.25) is 10.0 Å². The Bertz CT molecular complexity index is 990. The lowest BCUT2D eigenvalue weighted by Crippen LogP contribution is -2.31. The highest BCUT2D eigenvalue weighted by atomic mass is 35.5. The first kappa shape index (κ1) is 19.8. The fourth-order valence-corrected chi connectivity index (χ4v) is 3.14. The van der Waals surface area contributed by atoms with Crippen molar-refractivity contribution in [1.82, 2.24) is 5.32 Å². The average molecular weight is 418 g/mol. The zero-order valence-corrected chi connectivity index (χ0v) is 16.3. The topological polar surface area (TPSA) is 83.4 Å². The van der Waals surface area contributed by atoms with Crippen LogP contribution in [0.15, 0.2) is 65.3 Å². The van der Waals surface area contributed by atoms with Gasteiger partial charge in [0.15, 0.2) is 5.76 Å². The zero-order chi connectivity index (χ0) is 20.1. The molecule has 0 radical (unpaired) electrons. The van der Waals surface area contributed by atoms with Gasteiger partial charge in [-0.25, -0.2) is 4.79 Å². The molecular formula is C20H17Cl2N3O3. The minimum atomic E-state index is -0.409. The first-order valence-electron chi connectivity index (χ1n) is 8.40. The average Bonchev–Trinajstić information content (AvgIpc) is 3.16. The van der Waals surface area contributed by atoms with E-state index < -0.39 is 6.03 Å². The summed E-state index contributed by atoms with van der Waals surface area (Å²) in [6.45, 7) is 1.81. The monoisotopic (exact) mass is 417 g/mol. The predicted octanol–water partition coefficient (Wildman–Crippen LogP) is 5.72. The molecule has 0 aliphatic carbocycles. The molecule has 144 valence electrons. The summed E-state index contributed by atoms with van der Waals surface area (Å²) in [4.78, 5) is 24.3. The van der Waals surface area contributed by atoms with Crippen molar-refractivity contribution in [2.24, 2.45) is 0 Å². The Morgan fingerprint density at radius 1 is 0.964 bits per heavy atom. The molecule has 0 fully saturated rings. The van der Waals surface area contributed by atoms with Crippen molar-refractivity contribution in [3.8, 4) is 0 Å².